The SMILES string of the molecule is CCCCCCCCCCCCCCCCCCCCCCCCC(=O)OC[C@H](COP(=O)(O)OC[C@@H](O)COP(=O)(O)OC[C@@H](COC(=O)CCCCCCCCCCCCCCC)OC(=O)CCCCCCCCCCCCCCCCCCC)OC(=O)CCCCCCCCCCCCCCCCCCCCCCCC. The molecule has 0 rings (SSSR count). The van der Waals surface area contributed by atoms with E-state index in [9.17, 15) is 43.2 Å². The summed E-state index contributed by atoms with van der Waals surface area (Å²) in [6.07, 6.45) is 87.7. The maximum atomic E-state index is 13.2. The van der Waals surface area contributed by atoms with Crippen molar-refractivity contribution in [3.05, 3.63) is 0 Å². The fourth-order valence-electron chi connectivity index (χ4n) is 15.1. The largest absolute Gasteiger partial charge is 0.472 e. The highest BCUT2D eigenvalue weighted by atomic mass is 31.2. The van der Waals surface area contributed by atoms with Gasteiger partial charge in [0.1, 0.15) is 19.3 Å². The fourth-order valence-corrected chi connectivity index (χ4v) is 16.7. The van der Waals surface area contributed by atoms with Crippen molar-refractivity contribution in [3.63, 3.8) is 0 Å². The normalized spacial score (nSPS) is 13.6. The van der Waals surface area contributed by atoms with Crippen LogP contribution >= 0.6 is 15.6 Å². The van der Waals surface area contributed by atoms with Gasteiger partial charge in [0.05, 0.1) is 26.4 Å². The number of unbranched alkanes of at least 4 members (excludes halogenated alkanes) is 70. The first kappa shape index (κ1) is 112. The topological polar surface area (TPSA) is 237 Å². The van der Waals surface area contributed by atoms with Gasteiger partial charge < -0.3 is 33.8 Å². The molecule has 0 aromatic heterocycles. The summed E-state index contributed by atoms with van der Waals surface area (Å²) in [6, 6.07) is 0. The van der Waals surface area contributed by atoms with Crippen LogP contribution in [0.3, 0.4) is 0 Å². The van der Waals surface area contributed by atoms with Crippen LogP contribution in [-0.2, 0) is 65.4 Å². The quantitative estimate of drug-likeness (QED) is 0.0222. The van der Waals surface area contributed by atoms with Gasteiger partial charge in [-0.15, -0.1) is 0 Å². The number of carbonyl (C=O) groups is 4. The van der Waals surface area contributed by atoms with Gasteiger partial charge in [0.2, 0.25) is 0 Å². The molecule has 0 radical (unpaired) electrons. The van der Waals surface area contributed by atoms with Crippen LogP contribution in [0.1, 0.15) is 529 Å². The second kappa shape index (κ2) is 88.8. The molecule has 0 heterocycles. The molecule has 0 bridgehead atoms. The third-order valence-electron chi connectivity index (χ3n) is 22.6. The van der Waals surface area contributed by atoms with Crippen LogP contribution in [0.4, 0.5) is 0 Å². The second-order valence-corrected chi connectivity index (χ2v) is 37.0. The Morgan fingerprint density at radius 2 is 0.351 bits per heavy atom. The summed E-state index contributed by atoms with van der Waals surface area (Å²) in [5.74, 6) is -2.09. The number of ether oxygens (including phenoxy) is 4. The summed E-state index contributed by atoms with van der Waals surface area (Å²) in [7, 11) is -9.94. The van der Waals surface area contributed by atoms with Gasteiger partial charge in [-0.1, -0.05) is 477 Å². The molecular weight excluding hydrogens is 1470 g/mol. The zero-order valence-electron chi connectivity index (χ0n) is 75.1. The van der Waals surface area contributed by atoms with Gasteiger partial charge in [-0.25, -0.2) is 9.13 Å². The van der Waals surface area contributed by atoms with Crippen LogP contribution in [0.5, 0.6) is 0 Å². The zero-order chi connectivity index (χ0) is 83.1. The predicted molar refractivity (Wildman–Crippen MR) is 474 cm³/mol. The van der Waals surface area contributed by atoms with Crippen molar-refractivity contribution in [2.45, 2.75) is 547 Å². The lowest BCUT2D eigenvalue weighted by atomic mass is 10.0. The van der Waals surface area contributed by atoms with E-state index in [1.54, 1.807) is 0 Å². The van der Waals surface area contributed by atoms with E-state index >= 15 is 0 Å². The first-order chi connectivity index (χ1) is 55.7. The molecule has 0 aromatic carbocycles. The Morgan fingerprint density at radius 1 is 0.211 bits per heavy atom. The average Bonchev–Trinajstić information content (AvgIpc) is 0.901. The van der Waals surface area contributed by atoms with Gasteiger partial charge in [-0.2, -0.15) is 0 Å². The minimum Gasteiger partial charge on any atom is -0.462 e. The number of aliphatic hydroxyl groups is 1. The number of esters is 4. The lowest BCUT2D eigenvalue weighted by molar-refractivity contribution is -0.161. The van der Waals surface area contributed by atoms with Crippen molar-refractivity contribution < 1.29 is 80.2 Å². The molecule has 0 fully saturated rings. The predicted octanol–water partition coefficient (Wildman–Crippen LogP) is 30.0. The number of rotatable bonds is 96. The van der Waals surface area contributed by atoms with Crippen LogP contribution in [0.25, 0.3) is 0 Å². The van der Waals surface area contributed by atoms with Crippen LogP contribution in [0.15, 0.2) is 0 Å². The van der Waals surface area contributed by atoms with Crippen molar-refractivity contribution in [3.8, 4) is 0 Å². The Kier molecular flexibility index (Phi) is 87.3. The van der Waals surface area contributed by atoms with Crippen molar-refractivity contribution >= 4 is 39.5 Å². The summed E-state index contributed by atoms with van der Waals surface area (Å²) in [5.41, 5.74) is 0. The molecule has 0 aliphatic rings. The Balaban J connectivity index is 5.24. The van der Waals surface area contributed by atoms with Gasteiger partial charge in [0, 0.05) is 25.7 Å². The molecule has 2 unspecified atom stereocenters. The number of carbonyl (C=O) groups excluding carboxylic acids is 4. The molecule has 0 spiro atoms. The molecule has 17 nitrogen and oxygen atoms in total. The van der Waals surface area contributed by atoms with E-state index in [4.69, 9.17) is 37.0 Å². The van der Waals surface area contributed by atoms with E-state index in [1.165, 1.54) is 360 Å². The lowest BCUT2D eigenvalue weighted by Gasteiger charge is -2.21. The molecule has 114 heavy (non-hydrogen) atoms. The van der Waals surface area contributed by atoms with Gasteiger partial charge in [0.25, 0.3) is 0 Å². The van der Waals surface area contributed by atoms with Crippen LogP contribution in [0, 0.1) is 0 Å². The summed E-state index contributed by atoms with van der Waals surface area (Å²) < 4.78 is 69.2. The summed E-state index contributed by atoms with van der Waals surface area (Å²) in [4.78, 5) is 73.6. The molecule has 0 saturated heterocycles. The lowest BCUT2D eigenvalue weighted by Crippen LogP contribution is -2.30. The third kappa shape index (κ3) is 87.9. The monoisotopic (exact) mass is 1660 g/mol. The van der Waals surface area contributed by atoms with E-state index in [2.05, 4.69) is 27.7 Å². The summed E-state index contributed by atoms with van der Waals surface area (Å²) in [6.45, 7) is 5.11. The second-order valence-electron chi connectivity index (χ2n) is 34.1. The molecule has 0 saturated carbocycles. The van der Waals surface area contributed by atoms with E-state index in [0.29, 0.717) is 25.7 Å². The Morgan fingerprint density at radius 3 is 0.518 bits per heavy atom. The highest BCUT2D eigenvalue weighted by molar-refractivity contribution is 7.47. The Hall–Kier alpha value is -1.94. The van der Waals surface area contributed by atoms with E-state index in [0.717, 1.165) is 89.9 Å². The minimum atomic E-state index is -4.97. The third-order valence-corrected chi connectivity index (χ3v) is 24.5. The van der Waals surface area contributed by atoms with Crippen molar-refractivity contribution in [2.75, 3.05) is 39.6 Å². The van der Waals surface area contributed by atoms with Gasteiger partial charge >= 0.3 is 39.5 Å². The molecule has 19 heteroatoms. The molecule has 3 N–H and O–H groups in total. The summed E-state index contributed by atoms with van der Waals surface area (Å²) in [5, 5.41) is 10.7. The molecular formula is C95H186O17P2. The first-order valence-electron chi connectivity index (χ1n) is 49.3. The number of hydrogen-bond acceptors (Lipinski definition) is 15. The Labute approximate surface area is 702 Å². The summed E-state index contributed by atoms with van der Waals surface area (Å²) >= 11 is 0. The minimum absolute atomic E-state index is 0.110. The Bertz CT molecular complexity index is 2140. The zero-order valence-corrected chi connectivity index (χ0v) is 76.9. The molecule has 0 aliphatic heterocycles. The van der Waals surface area contributed by atoms with Crippen molar-refractivity contribution in [1.29, 1.82) is 0 Å². The van der Waals surface area contributed by atoms with Gasteiger partial charge in [0.15, 0.2) is 12.2 Å². The fraction of sp³-hybridized carbons (Fsp3) is 0.958. The van der Waals surface area contributed by atoms with Crippen LogP contribution < -0.4 is 0 Å². The van der Waals surface area contributed by atoms with Gasteiger partial charge in [-0.3, -0.25) is 37.3 Å². The molecule has 0 aliphatic carbocycles. The van der Waals surface area contributed by atoms with Crippen molar-refractivity contribution in [1.82, 2.24) is 0 Å². The molecule has 0 aromatic rings. The molecule has 5 atom stereocenters. The smallest absolute Gasteiger partial charge is 0.462 e. The number of phosphoric acid groups is 2. The number of hydrogen-bond donors (Lipinski definition) is 3. The van der Waals surface area contributed by atoms with Gasteiger partial charge in [-0.05, 0) is 25.7 Å². The highest BCUT2D eigenvalue weighted by Crippen LogP contribution is 2.45. The van der Waals surface area contributed by atoms with E-state index in [-0.39, 0.29) is 25.7 Å². The molecule has 0 amide bonds. The van der Waals surface area contributed by atoms with Crippen LogP contribution in [-0.4, -0.2) is 96.7 Å². The maximum Gasteiger partial charge on any atom is 0.472 e. The van der Waals surface area contributed by atoms with E-state index in [1.807, 2.05) is 0 Å². The standard InChI is InChI=1S/C95H186O17P2/c1-5-9-13-17-21-25-29-33-36-39-41-43-45-47-50-52-56-60-64-68-72-76-80-93(98)106-86-91(112-95(100)82-78-74-70-66-62-58-54-51-48-46-44-42-40-37-34-30-26-22-18-14-10-6-2)88-110-114(103,104)108-84-89(96)83-107-113(101,102)109-87-90(85-105-92(97)79-75-71-67-63-59-55-32-28-24-20-16-12-8-4)111-94(99)81-77-73-69-65-61-57-53-49-38-35-31-27-23-19-15-11-7-3/h89-91,96H,5-88H2,1-4H3,(H,101,102)(H,103,104)/t89-,90+,91+/m0/s1. The molecule has 678 valence electrons. The highest BCUT2D eigenvalue weighted by Gasteiger charge is 2.31. The number of phosphoric ester groups is 2. The average molecular weight is 1660 g/mol. The van der Waals surface area contributed by atoms with Crippen molar-refractivity contribution in [2.24, 2.45) is 0 Å². The van der Waals surface area contributed by atoms with E-state index < -0.39 is 97.5 Å². The maximum absolute atomic E-state index is 13.2. The first-order valence-corrected chi connectivity index (χ1v) is 52.3. The number of aliphatic hydroxyl groups excluding tert-OH is 1. The van der Waals surface area contributed by atoms with Crippen LogP contribution in [0.2, 0.25) is 0 Å².